The van der Waals surface area contributed by atoms with E-state index >= 15 is 0 Å². The predicted molar refractivity (Wildman–Crippen MR) is 60.4 cm³/mol. The number of hydrogen-bond acceptors (Lipinski definition) is 3. The van der Waals surface area contributed by atoms with E-state index in [-0.39, 0.29) is 17.5 Å². The number of rotatable bonds is 3. The lowest BCUT2D eigenvalue weighted by Gasteiger charge is -2.40. The van der Waals surface area contributed by atoms with Crippen molar-refractivity contribution >= 4 is 11.9 Å². The van der Waals surface area contributed by atoms with Crippen LogP contribution in [-0.4, -0.2) is 40.0 Å². The van der Waals surface area contributed by atoms with Gasteiger partial charge < -0.3 is 10.0 Å². The van der Waals surface area contributed by atoms with Crippen LogP contribution >= 0.6 is 0 Å². The van der Waals surface area contributed by atoms with E-state index in [2.05, 4.69) is 4.98 Å². The molecule has 6 heteroatoms. The third kappa shape index (κ3) is 2.32. The summed E-state index contributed by atoms with van der Waals surface area (Å²) in [6.07, 6.45) is 0. The van der Waals surface area contributed by atoms with Crippen molar-refractivity contribution in [1.29, 1.82) is 0 Å². The molecule has 96 valence electrons. The Morgan fingerprint density at radius 2 is 2.17 bits per heavy atom. The summed E-state index contributed by atoms with van der Waals surface area (Å²) in [6.45, 7) is 2.38. The molecule has 0 saturated carbocycles. The number of carboxylic acids is 1. The first-order valence-electron chi connectivity index (χ1n) is 5.63. The highest BCUT2D eigenvalue weighted by atomic mass is 19.1. The Hall–Kier alpha value is -1.98. The molecule has 5 nitrogen and oxygen atoms in total. The molecule has 1 atom stereocenters. The van der Waals surface area contributed by atoms with E-state index in [1.807, 2.05) is 0 Å². The Morgan fingerprint density at radius 1 is 1.50 bits per heavy atom. The van der Waals surface area contributed by atoms with Crippen molar-refractivity contribution < 1.29 is 19.1 Å². The van der Waals surface area contributed by atoms with Crippen molar-refractivity contribution in [3.05, 3.63) is 29.8 Å². The van der Waals surface area contributed by atoms with E-state index in [1.54, 1.807) is 6.92 Å². The van der Waals surface area contributed by atoms with E-state index in [9.17, 15) is 14.0 Å². The SMILES string of the molecule is CC(C(=O)O)C1CN(C(=O)c2cccc(F)n2)C1. The van der Waals surface area contributed by atoms with Crippen LogP contribution in [0.3, 0.4) is 0 Å². The van der Waals surface area contributed by atoms with Crippen molar-refractivity contribution in [3.8, 4) is 0 Å². The van der Waals surface area contributed by atoms with Gasteiger partial charge in [-0.2, -0.15) is 4.39 Å². The second-order valence-electron chi connectivity index (χ2n) is 4.44. The fourth-order valence-corrected chi connectivity index (χ4v) is 1.89. The third-order valence-corrected chi connectivity index (χ3v) is 3.23. The van der Waals surface area contributed by atoms with Crippen LogP contribution in [0.25, 0.3) is 0 Å². The van der Waals surface area contributed by atoms with Gasteiger partial charge in [-0.25, -0.2) is 4.98 Å². The lowest BCUT2D eigenvalue weighted by molar-refractivity contribution is -0.144. The molecule has 0 bridgehead atoms. The number of aliphatic carboxylic acids is 1. The highest BCUT2D eigenvalue weighted by molar-refractivity contribution is 5.92. The number of nitrogens with zero attached hydrogens (tertiary/aromatic N) is 2. The maximum absolute atomic E-state index is 12.9. The molecular formula is C12H13FN2O3. The molecule has 1 unspecified atom stereocenters. The first kappa shape index (κ1) is 12.5. The monoisotopic (exact) mass is 252 g/mol. The van der Waals surface area contributed by atoms with Crippen molar-refractivity contribution in [2.75, 3.05) is 13.1 Å². The van der Waals surface area contributed by atoms with Gasteiger partial charge in [0, 0.05) is 19.0 Å². The number of carbonyl (C=O) groups excluding carboxylic acids is 1. The Labute approximate surface area is 103 Å². The van der Waals surface area contributed by atoms with Crippen molar-refractivity contribution in [1.82, 2.24) is 9.88 Å². The average molecular weight is 252 g/mol. The van der Waals surface area contributed by atoms with Crippen LogP contribution in [0, 0.1) is 17.8 Å². The summed E-state index contributed by atoms with van der Waals surface area (Å²) in [5.41, 5.74) is 0.0522. The van der Waals surface area contributed by atoms with Crippen molar-refractivity contribution in [3.63, 3.8) is 0 Å². The van der Waals surface area contributed by atoms with Crippen LogP contribution in [0.15, 0.2) is 18.2 Å². The normalized spacial score (nSPS) is 17.1. The van der Waals surface area contributed by atoms with Crippen molar-refractivity contribution in [2.45, 2.75) is 6.92 Å². The first-order chi connectivity index (χ1) is 8.49. The van der Waals surface area contributed by atoms with Gasteiger partial charge in [0.2, 0.25) is 5.95 Å². The van der Waals surface area contributed by atoms with Gasteiger partial charge in [0.05, 0.1) is 5.92 Å². The number of likely N-dealkylation sites (tertiary alicyclic amines) is 1. The smallest absolute Gasteiger partial charge is 0.306 e. The molecule has 1 saturated heterocycles. The number of halogens is 1. The Kier molecular flexibility index (Phi) is 3.27. The van der Waals surface area contributed by atoms with Crippen LogP contribution in [0.4, 0.5) is 4.39 Å². The van der Waals surface area contributed by atoms with Gasteiger partial charge in [-0.05, 0) is 12.1 Å². The molecule has 1 N–H and O–H groups in total. The highest BCUT2D eigenvalue weighted by Gasteiger charge is 2.37. The second-order valence-corrected chi connectivity index (χ2v) is 4.44. The molecule has 18 heavy (non-hydrogen) atoms. The van der Waals surface area contributed by atoms with Crippen LogP contribution in [-0.2, 0) is 4.79 Å². The molecule has 0 radical (unpaired) electrons. The molecular weight excluding hydrogens is 239 g/mol. The summed E-state index contributed by atoms with van der Waals surface area (Å²) >= 11 is 0. The van der Waals surface area contributed by atoms with Crippen LogP contribution in [0.5, 0.6) is 0 Å². The topological polar surface area (TPSA) is 70.5 Å². The molecule has 0 aromatic carbocycles. The molecule has 0 aliphatic carbocycles. The Morgan fingerprint density at radius 3 is 2.72 bits per heavy atom. The van der Waals surface area contributed by atoms with Crippen molar-refractivity contribution in [2.24, 2.45) is 11.8 Å². The van der Waals surface area contributed by atoms with E-state index < -0.39 is 17.8 Å². The minimum atomic E-state index is -0.865. The zero-order chi connectivity index (χ0) is 13.3. The Balaban J connectivity index is 1.96. The summed E-state index contributed by atoms with van der Waals surface area (Å²) in [5.74, 6) is -2.44. The summed E-state index contributed by atoms with van der Waals surface area (Å²) in [7, 11) is 0. The lowest BCUT2D eigenvalue weighted by Crippen LogP contribution is -2.53. The Bertz CT molecular complexity index is 486. The molecule has 1 aliphatic rings. The summed E-state index contributed by atoms with van der Waals surface area (Å²) in [4.78, 5) is 27.6. The maximum atomic E-state index is 12.9. The molecule has 1 amide bonds. The number of carbonyl (C=O) groups is 2. The minimum Gasteiger partial charge on any atom is -0.481 e. The molecule has 2 rings (SSSR count). The molecule has 0 spiro atoms. The standard InChI is InChI=1S/C12H13FN2O3/c1-7(12(17)18)8-5-15(6-8)11(16)9-3-2-4-10(13)14-9/h2-4,7-8H,5-6H2,1H3,(H,17,18). The molecule has 1 aromatic rings. The number of carboxylic acid groups (broad SMARTS) is 1. The average Bonchev–Trinajstić information content (AvgIpc) is 2.26. The van der Waals surface area contributed by atoms with Gasteiger partial charge in [-0.1, -0.05) is 13.0 Å². The quantitative estimate of drug-likeness (QED) is 0.815. The number of aromatic nitrogens is 1. The van der Waals surface area contributed by atoms with E-state index in [1.165, 1.54) is 23.1 Å². The molecule has 2 heterocycles. The third-order valence-electron chi connectivity index (χ3n) is 3.23. The zero-order valence-corrected chi connectivity index (χ0v) is 9.84. The number of hydrogen-bond donors (Lipinski definition) is 1. The second kappa shape index (κ2) is 4.72. The minimum absolute atomic E-state index is 0.0417. The van der Waals surface area contributed by atoms with Gasteiger partial charge in [0.1, 0.15) is 5.69 Å². The van der Waals surface area contributed by atoms with Crippen LogP contribution in [0.2, 0.25) is 0 Å². The van der Waals surface area contributed by atoms with Crippen LogP contribution < -0.4 is 0 Å². The van der Waals surface area contributed by atoms with Gasteiger partial charge in [0.15, 0.2) is 0 Å². The van der Waals surface area contributed by atoms with Gasteiger partial charge >= 0.3 is 5.97 Å². The highest BCUT2D eigenvalue weighted by Crippen LogP contribution is 2.25. The molecule has 1 fully saturated rings. The van der Waals surface area contributed by atoms with E-state index in [0.717, 1.165) is 0 Å². The van der Waals surface area contributed by atoms with Gasteiger partial charge in [-0.15, -0.1) is 0 Å². The fourth-order valence-electron chi connectivity index (χ4n) is 1.89. The summed E-state index contributed by atoms with van der Waals surface area (Å²) in [5, 5.41) is 8.83. The zero-order valence-electron chi connectivity index (χ0n) is 9.84. The molecule has 1 aromatic heterocycles. The number of amides is 1. The largest absolute Gasteiger partial charge is 0.481 e. The molecule has 1 aliphatic heterocycles. The van der Waals surface area contributed by atoms with Gasteiger partial charge in [0.25, 0.3) is 5.91 Å². The lowest BCUT2D eigenvalue weighted by atomic mass is 9.87. The van der Waals surface area contributed by atoms with Gasteiger partial charge in [-0.3, -0.25) is 9.59 Å². The summed E-state index contributed by atoms with van der Waals surface area (Å²) < 4.78 is 12.9. The fraction of sp³-hybridized carbons (Fsp3) is 0.417. The maximum Gasteiger partial charge on any atom is 0.306 e. The van der Waals surface area contributed by atoms with Crippen LogP contribution in [0.1, 0.15) is 17.4 Å². The van der Waals surface area contributed by atoms with E-state index in [4.69, 9.17) is 5.11 Å². The van der Waals surface area contributed by atoms with E-state index in [0.29, 0.717) is 13.1 Å². The summed E-state index contributed by atoms with van der Waals surface area (Å²) in [6, 6.07) is 4.04. The predicted octanol–water partition coefficient (Wildman–Crippen LogP) is 1.01. The number of pyridine rings is 1. The first-order valence-corrected chi connectivity index (χ1v) is 5.63.